The van der Waals surface area contributed by atoms with Crippen LogP contribution in [0.25, 0.3) is 11.0 Å². The molecule has 1 saturated heterocycles. The van der Waals surface area contributed by atoms with Crippen LogP contribution in [-0.4, -0.2) is 46.4 Å². The highest BCUT2D eigenvalue weighted by molar-refractivity contribution is 5.92. The van der Waals surface area contributed by atoms with Crippen molar-refractivity contribution >= 4 is 16.7 Å². The lowest BCUT2D eigenvalue weighted by molar-refractivity contribution is 0.164. The molecule has 0 radical (unpaired) electrons. The lowest BCUT2D eigenvalue weighted by Crippen LogP contribution is -2.56. The van der Waals surface area contributed by atoms with E-state index < -0.39 is 0 Å². The number of nitrogens with zero attached hydrogens (tertiary/aromatic N) is 4. The molecular formula is C19H25N5O. The van der Waals surface area contributed by atoms with Crippen molar-refractivity contribution in [3.8, 4) is 6.07 Å². The van der Waals surface area contributed by atoms with E-state index in [1.54, 1.807) is 12.4 Å². The summed E-state index contributed by atoms with van der Waals surface area (Å²) in [6.07, 6.45) is 4.37. The van der Waals surface area contributed by atoms with E-state index in [0.717, 1.165) is 30.7 Å². The number of nitrogens with one attached hydrogen (secondary N) is 1. The van der Waals surface area contributed by atoms with Crippen LogP contribution >= 0.6 is 0 Å². The van der Waals surface area contributed by atoms with Crippen molar-refractivity contribution in [1.82, 2.24) is 15.3 Å². The number of nitriles is 1. The van der Waals surface area contributed by atoms with Gasteiger partial charge in [0.25, 0.3) is 0 Å². The maximum Gasteiger partial charge on any atom is 0.113 e. The van der Waals surface area contributed by atoms with Crippen LogP contribution in [0.15, 0.2) is 24.5 Å². The van der Waals surface area contributed by atoms with Crippen LogP contribution in [0.2, 0.25) is 0 Å². The van der Waals surface area contributed by atoms with Gasteiger partial charge in [-0.3, -0.25) is 9.97 Å². The van der Waals surface area contributed by atoms with Crippen LogP contribution in [0.5, 0.6) is 0 Å². The number of benzene rings is 1. The summed E-state index contributed by atoms with van der Waals surface area (Å²) in [5, 5.41) is 22.4. The maximum atomic E-state index is 9.55. The van der Waals surface area contributed by atoms with Gasteiger partial charge in [0.1, 0.15) is 17.1 Å². The van der Waals surface area contributed by atoms with Crippen molar-refractivity contribution in [2.45, 2.75) is 38.8 Å². The summed E-state index contributed by atoms with van der Waals surface area (Å²) in [7, 11) is 0. The molecule has 0 saturated carbocycles. The van der Waals surface area contributed by atoms with E-state index in [2.05, 4.69) is 33.2 Å². The first-order valence-electron chi connectivity index (χ1n) is 8.71. The summed E-state index contributed by atoms with van der Waals surface area (Å²) in [5.74, 6) is 0.517. The monoisotopic (exact) mass is 339 g/mol. The average molecular weight is 339 g/mol. The van der Waals surface area contributed by atoms with E-state index in [1.807, 2.05) is 26.0 Å². The summed E-state index contributed by atoms with van der Waals surface area (Å²) in [6.45, 7) is 8.15. The minimum Gasteiger partial charge on any atom is -0.394 e. The Bertz CT molecular complexity index is 798. The SMILES string of the molecule is C[C@H]1C[C@@H](NC(C)(C)CO)CN(c2ccc(C#N)c3nccnc23)C1. The van der Waals surface area contributed by atoms with Gasteiger partial charge in [0.05, 0.1) is 17.9 Å². The molecular weight excluding hydrogens is 314 g/mol. The van der Waals surface area contributed by atoms with E-state index in [1.165, 1.54) is 0 Å². The Hall–Kier alpha value is -2.23. The summed E-state index contributed by atoms with van der Waals surface area (Å²) < 4.78 is 0. The van der Waals surface area contributed by atoms with Crippen molar-refractivity contribution in [1.29, 1.82) is 5.26 Å². The highest BCUT2D eigenvalue weighted by atomic mass is 16.3. The smallest absolute Gasteiger partial charge is 0.113 e. The molecule has 0 aliphatic carbocycles. The number of anilines is 1. The molecule has 1 fully saturated rings. The van der Waals surface area contributed by atoms with Crippen molar-refractivity contribution in [2.75, 3.05) is 24.6 Å². The predicted octanol–water partition coefficient (Wildman–Crippen LogP) is 2.08. The third-order valence-electron chi connectivity index (χ3n) is 4.71. The van der Waals surface area contributed by atoms with E-state index in [0.29, 0.717) is 17.0 Å². The molecule has 0 bridgehead atoms. The highest BCUT2D eigenvalue weighted by Gasteiger charge is 2.30. The van der Waals surface area contributed by atoms with E-state index >= 15 is 0 Å². The van der Waals surface area contributed by atoms with Crippen molar-refractivity contribution in [3.63, 3.8) is 0 Å². The molecule has 1 aromatic carbocycles. The zero-order valence-electron chi connectivity index (χ0n) is 15.0. The second-order valence-corrected chi connectivity index (χ2v) is 7.63. The summed E-state index contributed by atoms with van der Waals surface area (Å²) in [6, 6.07) is 6.28. The number of aliphatic hydroxyl groups is 1. The van der Waals surface area contributed by atoms with Crippen LogP contribution in [0, 0.1) is 17.2 Å². The summed E-state index contributed by atoms with van der Waals surface area (Å²) >= 11 is 0. The topological polar surface area (TPSA) is 85.1 Å². The van der Waals surface area contributed by atoms with Gasteiger partial charge in [0, 0.05) is 37.1 Å². The number of fused-ring (bicyclic) bond motifs is 1. The molecule has 1 aliphatic heterocycles. The standard InChI is InChI=1S/C19H25N5O/c1-13-8-15(23-19(2,3)12-25)11-24(10-13)16-5-4-14(9-20)17-18(16)22-7-6-21-17/h4-7,13,15,23,25H,8,10-12H2,1-3H3/t13-,15+/m0/s1. The van der Waals surface area contributed by atoms with Crippen LogP contribution in [0.1, 0.15) is 32.8 Å². The first-order valence-corrected chi connectivity index (χ1v) is 8.71. The van der Waals surface area contributed by atoms with Crippen LogP contribution in [0.3, 0.4) is 0 Å². The molecule has 2 aromatic rings. The van der Waals surface area contributed by atoms with Gasteiger partial charge in [-0.2, -0.15) is 5.26 Å². The van der Waals surface area contributed by atoms with Gasteiger partial charge in [0.2, 0.25) is 0 Å². The Balaban J connectivity index is 1.93. The van der Waals surface area contributed by atoms with Crippen LogP contribution < -0.4 is 10.2 Å². The molecule has 132 valence electrons. The molecule has 1 aromatic heterocycles. The molecule has 2 atom stereocenters. The fraction of sp³-hybridized carbons (Fsp3) is 0.526. The molecule has 1 aliphatic rings. The highest BCUT2D eigenvalue weighted by Crippen LogP contribution is 2.30. The molecule has 6 nitrogen and oxygen atoms in total. The first-order chi connectivity index (χ1) is 11.9. The van der Waals surface area contributed by atoms with Gasteiger partial charge in [-0.1, -0.05) is 6.92 Å². The third kappa shape index (κ3) is 3.73. The molecule has 6 heteroatoms. The molecule has 2 heterocycles. The normalized spacial score (nSPS) is 21.3. The Morgan fingerprint density at radius 3 is 2.68 bits per heavy atom. The molecule has 2 N–H and O–H groups in total. The van der Waals surface area contributed by atoms with Crippen LogP contribution in [-0.2, 0) is 0 Å². The van der Waals surface area contributed by atoms with E-state index in [-0.39, 0.29) is 18.2 Å². The van der Waals surface area contributed by atoms with E-state index in [9.17, 15) is 10.4 Å². The largest absolute Gasteiger partial charge is 0.394 e. The average Bonchev–Trinajstić information content (AvgIpc) is 2.59. The number of rotatable bonds is 4. The Kier molecular flexibility index (Phi) is 4.89. The van der Waals surface area contributed by atoms with Gasteiger partial charge in [-0.25, -0.2) is 0 Å². The predicted molar refractivity (Wildman–Crippen MR) is 98.3 cm³/mol. The van der Waals surface area contributed by atoms with Crippen molar-refractivity contribution < 1.29 is 5.11 Å². The zero-order chi connectivity index (χ0) is 18.0. The number of aliphatic hydroxyl groups excluding tert-OH is 1. The van der Waals surface area contributed by atoms with Gasteiger partial charge in [-0.05, 0) is 38.3 Å². The van der Waals surface area contributed by atoms with Gasteiger partial charge >= 0.3 is 0 Å². The Labute approximate surface area is 148 Å². The summed E-state index contributed by atoms with van der Waals surface area (Å²) in [5.41, 5.74) is 2.69. The lowest BCUT2D eigenvalue weighted by Gasteiger charge is -2.41. The van der Waals surface area contributed by atoms with Gasteiger partial charge in [0.15, 0.2) is 0 Å². The minimum absolute atomic E-state index is 0.100. The van der Waals surface area contributed by atoms with Gasteiger partial charge in [-0.15, -0.1) is 0 Å². The van der Waals surface area contributed by atoms with Crippen molar-refractivity contribution in [3.05, 3.63) is 30.1 Å². The number of hydrogen-bond donors (Lipinski definition) is 2. The summed E-state index contributed by atoms with van der Waals surface area (Å²) in [4.78, 5) is 11.2. The lowest BCUT2D eigenvalue weighted by atomic mass is 9.93. The fourth-order valence-corrected chi connectivity index (χ4v) is 3.64. The fourth-order valence-electron chi connectivity index (χ4n) is 3.64. The maximum absolute atomic E-state index is 9.55. The minimum atomic E-state index is -0.306. The van der Waals surface area contributed by atoms with E-state index in [4.69, 9.17) is 0 Å². The molecule has 3 rings (SSSR count). The number of hydrogen-bond acceptors (Lipinski definition) is 6. The second kappa shape index (κ2) is 6.95. The van der Waals surface area contributed by atoms with Gasteiger partial charge < -0.3 is 15.3 Å². The third-order valence-corrected chi connectivity index (χ3v) is 4.71. The molecule has 25 heavy (non-hydrogen) atoms. The van der Waals surface area contributed by atoms with Crippen LogP contribution in [0.4, 0.5) is 5.69 Å². The second-order valence-electron chi connectivity index (χ2n) is 7.63. The first kappa shape index (κ1) is 17.6. The Morgan fingerprint density at radius 1 is 1.28 bits per heavy atom. The quantitative estimate of drug-likeness (QED) is 0.887. The number of aromatic nitrogens is 2. The number of piperidine rings is 1. The molecule has 0 amide bonds. The molecule has 0 unspecified atom stereocenters. The Morgan fingerprint density at radius 2 is 2.00 bits per heavy atom. The molecule has 0 spiro atoms. The zero-order valence-corrected chi connectivity index (χ0v) is 15.0. The van der Waals surface area contributed by atoms with Crippen molar-refractivity contribution in [2.24, 2.45) is 5.92 Å².